The molecule has 1 saturated heterocycles. The van der Waals surface area contributed by atoms with Gasteiger partial charge in [-0.05, 0) is 61.5 Å². The Bertz CT molecular complexity index is 998. The zero-order chi connectivity index (χ0) is 24.0. The average Bonchev–Trinajstić information content (AvgIpc) is 3.08. The second-order valence-electron chi connectivity index (χ2n) is 7.94. The van der Waals surface area contributed by atoms with Gasteiger partial charge in [-0.2, -0.15) is 0 Å². The maximum atomic E-state index is 13.4. The molecule has 1 amide bonds. The highest BCUT2D eigenvalue weighted by Gasteiger charge is 2.45. The third-order valence-electron chi connectivity index (χ3n) is 5.88. The fourth-order valence-corrected chi connectivity index (χ4v) is 3.98. The molecule has 0 aromatic heterocycles. The average molecular weight is 455 g/mol. The van der Waals surface area contributed by atoms with E-state index >= 15 is 0 Å². The highest BCUT2D eigenvalue weighted by atomic mass is 19.1. The van der Waals surface area contributed by atoms with Gasteiger partial charge in [0.25, 0.3) is 11.7 Å². The first kappa shape index (κ1) is 24.5. The molecule has 0 spiro atoms. The van der Waals surface area contributed by atoms with Crippen molar-refractivity contribution < 1.29 is 23.8 Å². The van der Waals surface area contributed by atoms with Crippen LogP contribution in [0.15, 0.2) is 54.1 Å². The molecule has 0 radical (unpaired) electrons. The summed E-state index contributed by atoms with van der Waals surface area (Å²) in [5.74, 6) is -1.46. The molecule has 176 valence electrons. The molecule has 1 N–H and O–H groups in total. The molecule has 6 nitrogen and oxygen atoms in total. The number of ether oxygens (including phenoxy) is 1. The van der Waals surface area contributed by atoms with Crippen LogP contribution in [0.4, 0.5) is 4.39 Å². The summed E-state index contributed by atoms with van der Waals surface area (Å²) in [7, 11) is 0. The molecule has 1 fully saturated rings. The van der Waals surface area contributed by atoms with E-state index < -0.39 is 23.5 Å². The molecule has 1 heterocycles. The van der Waals surface area contributed by atoms with Crippen LogP contribution in [0.2, 0.25) is 0 Å². The number of carbonyl (C=O) groups excluding carboxylic acids is 2. The Kier molecular flexibility index (Phi) is 8.22. The third kappa shape index (κ3) is 5.42. The van der Waals surface area contributed by atoms with Gasteiger partial charge >= 0.3 is 0 Å². The smallest absolute Gasteiger partial charge is 0.295 e. The van der Waals surface area contributed by atoms with Crippen molar-refractivity contribution in [2.45, 2.75) is 33.2 Å². The second-order valence-corrected chi connectivity index (χ2v) is 7.94. The molecule has 2 aromatic carbocycles. The van der Waals surface area contributed by atoms with Crippen LogP contribution >= 0.6 is 0 Å². The molecule has 2 aromatic rings. The van der Waals surface area contributed by atoms with Crippen molar-refractivity contribution in [3.63, 3.8) is 0 Å². The molecule has 1 atom stereocenters. The first-order valence-corrected chi connectivity index (χ1v) is 11.4. The summed E-state index contributed by atoms with van der Waals surface area (Å²) in [5.41, 5.74) is 0.987. The number of aliphatic hydroxyl groups excluding tert-OH is 1. The van der Waals surface area contributed by atoms with E-state index in [9.17, 15) is 19.1 Å². The van der Waals surface area contributed by atoms with Gasteiger partial charge in [0.2, 0.25) is 0 Å². The maximum Gasteiger partial charge on any atom is 0.295 e. The van der Waals surface area contributed by atoms with E-state index in [4.69, 9.17) is 4.74 Å². The summed E-state index contributed by atoms with van der Waals surface area (Å²) in [6.07, 6.45) is 0.880. The van der Waals surface area contributed by atoms with Gasteiger partial charge in [0.15, 0.2) is 0 Å². The zero-order valence-corrected chi connectivity index (χ0v) is 19.4. The van der Waals surface area contributed by atoms with E-state index in [0.717, 1.165) is 19.5 Å². The van der Waals surface area contributed by atoms with Crippen LogP contribution in [-0.2, 0) is 9.59 Å². The lowest BCUT2D eigenvalue weighted by Gasteiger charge is -2.28. The number of benzene rings is 2. The van der Waals surface area contributed by atoms with Gasteiger partial charge < -0.3 is 19.6 Å². The minimum Gasteiger partial charge on any atom is -0.507 e. The predicted octanol–water partition coefficient (Wildman–Crippen LogP) is 4.38. The molecular weight excluding hydrogens is 423 g/mol. The number of likely N-dealkylation sites (tertiary alicyclic amines) is 1. The number of carbonyl (C=O) groups is 2. The number of Topliss-reactive ketones (excluding diaryl/α,β-unsaturated/α-hetero) is 1. The SMILES string of the molecule is CCCOc1ccc(C2C(=C(O)c3ccc(F)cc3)C(=O)C(=O)N2CCN(CC)CC)cc1. The molecule has 0 bridgehead atoms. The number of halogens is 1. The summed E-state index contributed by atoms with van der Waals surface area (Å²) in [5, 5.41) is 11.0. The first-order chi connectivity index (χ1) is 15.9. The molecule has 33 heavy (non-hydrogen) atoms. The van der Waals surface area contributed by atoms with Gasteiger partial charge in [0.1, 0.15) is 17.3 Å². The molecule has 0 aliphatic carbocycles. The van der Waals surface area contributed by atoms with Crippen molar-refractivity contribution in [1.29, 1.82) is 0 Å². The van der Waals surface area contributed by atoms with Crippen molar-refractivity contribution in [2.75, 3.05) is 32.8 Å². The normalized spacial score (nSPS) is 17.7. The van der Waals surface area contributed by atoms with Gasteiger partial charge in [0, 0.05) is 18.7 Å². The Morgan fingerprint density at radius 1 is 1.03 bits per heavy atom. The molecule has 1 aliphatic heterocycles. The van der Waals surface area contributed by atoms with E-state index in [0.29, 0.717) is 31.0 Å². The van der Waals surface area contributed by atoms with Crippen LogP contribution in [0.5, 0.6) is 5.75 Å². The lowest BCUT2D eigenvalue weighted by atomic mass is 9.95. The van der Waals surface area contributed by atoms with Crippen LogP contribution in [0.25, 0.3) is 5.76 Å². The van der Waals surface area contributed by atoms with E-state index in [-0.39, 0.29) is 16.9 Å². The zero-order valence-electron chi connectivity index (χ0n) is 19.4. The van der Waals surface area contributed by atoms with Crippen LogP contribution in [0, 0.1) is 5.82 Å². The van der Waals surface area contributed by atoms with Crippen LogP contribution in [0.3, 0.4) is 0 Å². The van der Waals surface area contributed by atoms with E-state index in [1.54, 1.807) is 12.1 Å². The summed E-state index contributed by atoms with van der Waals surface area (Å²) < 4.78 is 19.0. The minimum atomic E-state index is -0.745. The Balaban J connectivity index is 2.04. The maximum absolute atomic E-state index is 13.4. The summed E-state index contributed by atoms with van der Waals surface area (Å²) in [4.78, 5) is 29.7. The molecule has 7 heteroatoms. The molecular formula is C26H31FN2O4. The van der Waals surface area contributed by atoms with E-state index in [2.05, 4.69) is 4.90 Å². The lowest BCUT2D eigenvalue weighted by molar-refractivity contribution is -0.140. The van der Waals surface area contributed by atoms with Crippen molar-refractivity contribution in [2.24, 2.45) is 0 Å². The molecule has 3 rings (SSSR count). The Morgan fingerprint density at radius 2 is 1.67 bits per heavy atom. The number of hydrogen-bond donors (Lipinski definition) is 1. The summed E-state index contributed by atoms with van der Waals surface area (Å²) in [6.45, 7) is 9.28. The first-order valence-electron chi connectivity index (χ1n) is 11.4. The van der Waals surface area contributed by atoms with E-state index in [1.165, 1.54) is 29.2 Å². The van der Waals surface area contributed by atoms with Gasteiger partial charge in [-0.15, -0.1) is 0 Å². The van der Waals surface area contributed by atoms with Gasteiger partial charge in [0.05, 0.1) is 18.2 Å². The fraction of sp³-hybridized carbons (Fsp3) is 0.385. The quantitative estimate of drug-likeness (QED) is 0.328. The van der Waals surface area contributed by atoms with Crippen molar-refractivity contribution in [3.05, 3.63) is 71.0 Å². The standard InChI is InChI=1S/C26H31FN2O4/c1-4-17-33-21-13-9-18(10-14-21)23-22(24(30)19-7-11-20(27)12-8-19)25(31)26(32)29(23)16-15-28(5-2)6-3/h7-14,23,30H,4-6,15-17H2,1-3H3. The van der Waals surface area contributed by atoms with Crippen LogP contribution in [-0.4, -0.2) is 59.4 Å². The highest BCUT2D eigenvalue weighted by molar-refractivity contribution is 6.46. The predicted molar refractivity (Wildman–Crippen MR) is 125 cm³/mol. The topological polar surface area (TPSA) is 70.1 Å². The summed E-state index contributed by atoms with van der Waals surface area (Å²) in [6, 6.07) is 11.7. The van der Waals surface area contributed by atoms with Crippen molar-refractivity contribution in [3.8, 4) is 5.75 Å². The number of ketones is 1. The number of aliphatic hydroxyl groups is 1. The van der Waals surface area contributed by atoms with Crippen LogP contribution in [0.1, 0.15) is 44.4 Å². The molecule has 1 aliphatic rings. The number of amides is 1. The number of hydrogen-bond acceptors (Lipinski definition) is 5. The monoisotopic (exact) mass is 454 g/mol. The number of nitrogens with zero attached hydrogens (tertiary/aromatic N) is 2. The third-order valence-corrected chi connectivity index (χ3v) is 5.88. The second kappa shape index (κ2) is 11.1. The summed E-state index contributed by atoms with van der Waals surface area (Å²) >= 11 is 0. The van der Waals surface area contributed by atoms with Gasteiger partial charge in [-0.25, -0.2) is 4.39 Å². The lowest BCUT2D eigenvalue weighted by Crippen LogP contribution is -2.38. The number of rotatable bonds is 10. The Morgan fingerprint density at radius 3 is 2.24 bits per heavy atom. The number of likely N-dealkylation sites (N-methyl/N-ethyl adjacent to an activating group) is 1. The minimum absolute atomic E-state index is 0.00776. The van der Waals surface area contributed by atoms with E-state index in [1.807, 2.05) is 32.9 Å². The molecule has 0 saturated carbocycles. The highest BCUT2D eigenvalue weighted by Crippen LogP contribution is 2.39. The van der Waals surface area contributed by atoms with Gasteiger partial charge in [-0.1, -0.05) is 32.9 Å². The Labute approximate surface area is 194 Å². The van der Waals surface area contributed by atoms with Crippen molar-refractivity contribution in [1.82, 2.24) is 9.80 Å². The largest absolute Gasteiger partial charge is 0.507 e. The Hall–Kier alpha value is -3.19. The van der Waals surface area contributed by atoms with Crippen molar-refractivity contribution >= 4 is 17.4 Å². The van der Waals surface area contributed by atoms with Gasteiger partial charge in [-0.3, -0.25) is 9.59 Å². The molecule has 1 unspecified atom stereocenters. The fourth-order valence-electron chi connectivity index (χ4n) is 3.98. The van der Waals surface area contributed by atoms with Crippen LogP contribution < -0.4 is 4.74 Å².